The van der Waals surface area contributed by atoms with Crippen molar-refractivity contribution in [1.82, 2.24) is 0 Å². The highest BCUT2D eigenvalue weighted by molar-refractivity contribution is 5.36. The standard InChI is InChI=1S/C30H31F7O3/c1-2-3-4-18-5-12-27(38-16-18)20-8-6-19(7-9-20)21-10-11-23(24(31)13-21)30(36,37)40-22-14-25(32)29(26(33)15-22)39-17-28(34)35/h2,10-11,13-15,17-20,27H,1,3-9,12,16H2. The average Bonchev–Trinajstić information content (AvgIpc) is 2.91. The molecule has 3 nitrogen and oxygen atoms in total. The van der Waals surface area contributed by atoms with Gasteiger partial charge in [-0.25, -0.2) is 13.2 Å². The molecule has 0 amide bonds. The van der Waals surface area contributed by atoms with Gasteiger partial charge in [-0.3, -0.25) is 0 Å². The average molecular weight is 573 g/mol. The Morgan fingerprint density at radius 2 is 1.65 bits per heavy atom. The van der Waals surface area contributed by atoms with Gasteiger partial charge >= 0.3 is 12.2 Å². The lowest BCUT2D eigenvalue weighted by atomic mass is 9.75. The zero-order valence-electron chi connectivity index (χ0n) is 21.8. The van der Waals surface area contributed by atoms with E-state index in [2.05, 4.69) is 16.1 Å². The van der Waals surface area contributed by atoms with E-state index in [1.807, 2.05) is 6.08 Å². The van der Waals surface area contributed by atoms with Crippen molar-refractivity contribution in [2.75, 3.05) is 6.61 Å². The summed E-state index contributed by atoms with van der Waals surface area (Å²) in [5.74, 6) is -5.53. The van der Waals surface area contributed by atoms with Crippen LogP contribution in [0.4, 0.5) is 30.7 Å². The van der Waals surface area contributed by atoms with E-state index in [1.165, 1.54) is 6.07 Å². The first-order valence-corrected chi connectivity index (χ1v) is 13.3. The van der Waals surface area contributed by atoms with Gasteiger partial charge in [-0.1, -0.05) is 12.1 Å². The van der Waals surface area contributed by atoms with Crippen LogP contribution in [0, 0.1) is 29.3 Å². The number of hydrogen-bond acceptors (Lipinski definition) is 3. The van der Waals surface area contributed by atoms with E-state index >= 15 is 0 Å². The summed E-state index contributed by atoms with van der Waals surface area (Å²) >= 11 is 0. The number of benzene rings is 2. The summed E-state index contributed by atoms with van der Waals surface area (Å²) in [6, 6.07) is 4.03. The van der Waals surface area contributed by atoms with Crippen LogP contribution >= 0.6 is 0 Å². The second-order valence-electron chi connectivity index (χ2n) is 10.4. The van der Waals surface area contributed by atoms with Crippen LogP contribution in [-0.2, 0) is 10.8 Å². The molecule has 2 atom stereocenters. The molecule has 0 spiro atoms. The molecule has 2 fully saturated rings. The summed E-state index contributed by atoms with van der Waals surface area (Å²) in [7, 11) is 0. The molecule has 2 aromatic carbocycles. The molecule has 40 heavy (non-hydrogen) atoms. The largest absolute Gasteiger partial charge is 0.453 e. The lowest BCUT2D eigenvalue weighted by molar-refractivity contribution is -0.187. The zero-order chi connectivity index (χ0) is 28.9. The van der Waals surface area contributed by atoms with Gasteiger partial charge in [0.05, 0.1) is 11.7 Å². The van der Waals surface area contributed by atoms with Crippen LogP contribution in [0.5, 0.6) is 11.5 Å². The van der Waals surface area contributed by atoms with Crippen LogP contribution in [0.25, 0.3) is 0 Å². The first-order chi connectivity index (χ1) is 19.1. The van der Waals surface area contributed by atoms with Gasteiger partial charge in [-0.15, -0.1) is 6.58 Å². The smallest absolute Gasteiger partial charge is 0.429 e. The van der Waals surface area contributed by atoms with Crippen LogP contribution < -0.4 is 9.47 Å². The van der Waals surface area contributed by atoms with Crippen molar-refractivity contribution in [3.05, 3.63) is 83.9 Å². The van der Waals surface area contributed by atoms with Crippen molar-refractivity contribution in [3.63, 3.8) is 0 Å². The molecule has 1 heterocycles. The Morgan fingerprint density at radius 1 is 0.950 bits per heavy atom. The molecule has 10 heteroatoms. The van der Waals surface area contributed by atoms with Crippen molar-refractivity contribution in [1.29, 1.82) is 0 Å². The summed E-state index contributed by atoms with van der Waals surface area (Å²) in [5, 5.41) is 0. The van der Waals surface area contributed by atoms with Crippen LogP contribution in [0.2, 0.25) is 0 Å². The maximum absolute atomic E-state index is 14.9. The number of hydrogen-bond donors (Lipinski definition) is 0. The Hall–Kier alpha value is -3.01. The van der Waals surface area contributed by atoms with Crippen molar-refractivity contribution in [2.45, 2.75) is 69.5 Å². The summed E-state index contributed by atoms with van der Waals surface area (Å²) < 4.78 is 111. The topological polar surface area (TPSA) is 27.7 Å². The fraction of sp³-hybridized carbons (Fsp3) is 0.467. The predicted molar refractivity (Wildman–Crippen MR) is 135 cm³/mol. The van der Waals surface area contributed by atoms with Gasteiger partial charge in [0.25, 0.3) is 0 Å². The molecule has 1 saturated carbocycles. The molecule has 4 rings (SSSR count). The van der Waals surface area contributed by atoms with Gasteiger partial charge in [0.2, 0.25) is 0 Å². The molecule has 2 aromatic rings. The molecular formula is C30H31F7O3. The lowest BCUT2D eigenvalue weighted by Gasteiger charge is -2.38. The molecule has 0 radical (unpaired) electrons. The minimum absolute atomic E-state index is 0.0113. The minimum Gasteiger partial charge on any atom is -0.453 e. The first-order valence-electron chi connectivity index (χ1n) is 13.3. The number of allylic oxidation sites excluding steroid dienone is 1. The van der Waals surface area contributed by atoms with Crippen molar-refractivity contribution in [2.24, 2.45) is 11.8 Å². The first kappa shape index (κ1) is 30.0. The fourth-order valence-corrected chi connectivity index (χ4v) is 5.64. The second kappa shape index (κ2) is 13.1. The molecule has 218 valence electrons. The van der Waals surface area contributed by atoms with Crippen molar-refractivity contribution < 1.29 is 44.9 Å². The quantitative estimate of drug-likeness (QED) is 0.161. The van der Waals surface area contributed by atoms with E-state index in [1.54, 1.807) is 0 Å². The number of rotatable bonds is 10. The highest BCUT2D eigenvalue weighted by Gasteiger charge is 2.39. The molecule has 2 unspecified atom stereocenters. The predicted octanol–water partition coefficient (Wildman–Crippen LogP) is 9.38. The normalized spacial score (nSPS) is 23.4. The molecular weight excluding hydrogens is 541 g/mol. The Labute approximate surface area is 228 Å². The van der Waals surface area contributed by atoms with E-state index in [4.69, 9.17) is 4.74 Å². The van der Waals surface area contributed by atoms with Gasteiger partial charge in [0.1, 0.15) is 11.6 Å². The van der Waals surface area contributed by atoms with Crippen LogP contribution in [0.3, 0.4) is 0 Å². The van der Waals surface area contributed by atoms with Gasteiger partial charge in [-0.05, 0) is 86.8 Å². The third-order valence-electron chi connectivity index (χ3n) is 7.74. The summed E-state index contributed by atoms with van der Waals surface area (Å²) in [6.07, 6.45) is 2.91. The highest BCUT2D eigenvalue weighted by Crippen LogP contribution is 2.42. The molecule has 0 aromatic heterocycles. The van der Waals surface area contributed by atoms with Gasteiger partial charge in [-0.2, -0.15) is 17.6 Å². The van der Waals surface area contributed by atoms with Crippen LogP contribution in [-0.4, -0.2) is 12.7 Å². The minimum atomic E-state index is -4.27. The highest BCUT2D eigenvalue weighted by atomic mass is 19.3. The van der Waals surface area contributed by atoms with E-state index in [-0.39, 0.29) is 18.3 Å². The van der Waals surface area contributed by atoms with Crippen LogP contribution in [0.15, 0.2) is 55.3 Å². The van der Waals surface area contributed by atoms with E-state index in [0.29, 0.717) is 29.5 Å². The van der Waals surface area contributed by atoms with E-state index in [0.717, 1.165) is 70.1 Å². The fourth-order valence-electron chi connectivity index (χ4n) is 5.64. The molecule has 2 aliphatic rings. The third kappa shape index (κ3) is 7.38. The SMILES string of the molecule is C=CCCC1CCC(C2CCC(c3ccc(C(F)(F)Oc4cc(F)c(OC=C(F)F)c(F)c4)c(F)c3)CC2)OC1. The molecule has 1 aliphatic heterocycles. The lowest BCUT2D eigenvalue weighted by Crippen LogP contribution is -2.34. The molecule has 1 aliphatic carbocycles. The van der Waals surface area contributed by atoms with Gasteiger partial charge in [0.15, 0.2) is 23.6 Å². The number of alkyl halides is 2. The molecule has 0 N–H and O–H groups in total. The van der Waals surface area contributed by atoms with E-state index < -0.39 is 46.7 Å². The summed E-state index contributed by atoms with van der Waals surface area (Å²) in [5.41, 5.74) is -0.508. The monoisotopic (exact) mass is 572 g/mol. The number of ether oxygens (including phenoxy) is 3. The zero-order valence-corrected chi connectivity index (χ0v) is 21.8. The maximum Gasteiger partial charge on any atom is 0.429 e. The Morgan fingerprint density at radius 3 is 2.23 bits per heavy atom. The van der Waals surface area contributed by atoms with Gasteiger partial charge < -0.3 is 14.2 Å². The maximum atomic E-state index is 14.9. The second-order valence-corrected chi connectivity index (χ2v) is 10.4. The summed E-state index contributed by atoms with van der Waals surface area (Å²) in [4.78, 5) is 0. The Balaban J connectivity index is 1.36. The molecule has 0 bridgehead atoms. The molecule has 1 saturated heterocycles. The summed E-state index contributed by atoms with van der Waals surface area (Å²) in [6.45, 7) is 4.53. The van der Waals surface area contributed by atoms with E-state index in [9.17, 15) is 30.7 Å². The number of halogens is 7. The van der Waals surface area contributed by atoms with Crippen LogP contribution in [0.1, 0.15) is 68.4 Å². The Kier molecular flexibility index (Phi) is 9.81. The van der Waals surface area contributed by atoms with Crippen molar-refractivity contribution >= 4 is 0 Å². The van der Waals surface area contributed by atoms with Gasteiger partial charge in [0, 0.05) is 18.7 Å². The van der Waals surface area contributed by atoms with Crippen molar-refractivity contribution in [3.8, 4) is 11.5 Å². The third-order valence-corrected chi connectivity index (χ3v) is 7.74. The Bertz CT molecular complexity index is 1170.